The van der Waals surface area contributed by atoms with E-state index in [9.17, 15) is 0 Å². The number of hydrogen-bond acceptors (Lipinski definition) is 1. The quantitative estimate of drug-likeness (QED) is 0.288. The van der Waals surface area contributed by atoms with E-state index in [1.54, 1.807) is 0 Å². The molecule has 0 aromatic heterocycles. The minimum absolute atomic E-state index is 0. The smallest absolute Gasteiger partial charge is 0.870 e. The van der Waals surface area contributed by atoms with Crippen molar-refractivity contribution in [2.45, 2.75) is 0 Å². The molecule has 0 atom stereocenters. The van der Waals surface area contributed by atoms with Gasteiger partial charge in [-0.15, -0.1) is 0 Å². The van der Waals surface area contributed by atoms with Gasteiger partial charge >= 0.3 is 18.9 Å². The standard InChI is InChI=1S/Li.3H2O.V/h;3*1H2;/q+1;;;;/p-1. The Morgan fingerprint density at radius 2 is 0.800 bits per heavy atom. The fraction of sp³-hybridized carbons (Fsp3) is 0. The van der Waals surface area contributed by atoms with Gasteiger partial charge in [-0.05, 0) is 0 Å². The second kappa shape index (κ2) is 74.1. The summed E-state index contributed by atoms with van der Waals surface area (Å²) in [5, 5.41) is 0. The van der Waals surface area contributed by atoms with Crippen LogP contribution in [0.1, 0.15) is 0 Å². The molecule has 0 fully saturated rings. The first kappa shape index (κ1) is 138. The molecule has 5 heavy (non-hydrogen) atoms. The van der Waals surface area contributed by atoms with Gasteiger partial charge in [0, 0.05) is 18.6 Å². The molecule has 0 spiro atoms. The van der Waals surface area contributed by atoms with Crippen LogP contribution in [0, 0.1) is 0 Å². The molecule has 3 nitrogen and oxygen atoms in total. The van der Waals surface area contributed by atoms with E-state index in [1.807, 2.05) is 0 Å². The molecule has 0 aliphatic heterocycles. The summed E-state index contributed by atoms with van der Waals surface area (Å²) in [6, 6.07) is 0. The van der Waals surface area contributed by atoms with Crippen LogP contribution in [-0.2, 0) is 18.6 Å². The Labute approximate surface area is 54.1 Å². The Kier molecular flexibility index (Phi) is 2040. The first-order valence-electron chi connectivity index (χ1n) is 0. The van der Waals surface area contributed by atoms with Crippen LogP contribution in [0.5, 0.6) is 0 Å². The largest absolute Gasteiger partial charge is 1.00 e. The zero-order chi connectivity index (χ0) is 0. The molecule has 1 radical (unpaired) electrons. The van der Waals surface area contributed by atoms with Crippen LogP contribution in [0.25, 0.3) is 0 Å². The third kappa shape index (κ3) is 42.1. The van der Waals surface area contributed by atoms with Crippen molar-refractivity contribution in [1.29, 1.82) is 0 Å². The van der Waals surface area contributed by atoms with Crippen LogP contribution >= 0.6 is 0 Å². The van der Waals surface area contributed by atoms with Crippen LogP contribution in [-0.4, -0.2) is 16.4 Å². The summed E-state index contributed by atoms with van der Waals surface area (Å²) >= 11 is 0. The fourth-order valence-corrected chi connectivity index (χ4v) is 0. The van der Waals surface area contributed by atoms with Crippen LogP contribution in [0.3, 0.4) is 0 Å². The van der Waals surface area contributed by atoms with Crippen molar-refractivity contribution in [3.63, 3.8) is 0 Å². The molecule has 0 aromatic carbocycles. The van der Waals surface area contributed by atoms with Crippen molar-refractivity contribution in [2.24, 2.45) is 0 Å². The summed E-state index contributed by atoms with van der Waals surface area (Å²) in [6.07, 6.45) is 0. The van der Waals surface area contributed by atoms with Gasteiger partial charge in [-0.2, -0.15) is 0 Å². The van der Waals surface area contributed by atoms with E-state index in [0.29, 0.717) is 0 Å². The normalized spacial score (nSPS) is 0. The Balaban J connectivity index is 0. The van der Waals surface area contributed by atoms with Gasteiger partial charge < -0.3 is 16.4 Å². The van der Waals surface area contributed by atoms with Gasteiger partial charge in [0.25, 0.3) is 0 Å². The second-order valence-electron chi connectivity index (χ2n) is 0. The van der Waals surface area contributed by atoms with E-state index in [-0.39, 0.29) is 53.8 Å². The van der Waals surface area contributed by atoms with Crippen molar-refractivity contribution in [1.82, 2.24) is 0 Å². The summed E-state index contributed by atoms with van der Waals surface area (Å²) in [4.78, 5) is 0. The molecule has 0 aliphatic rings. The first-order valence-corrected chi connectivity index (χ1v) is 0. The summed E-state index contributed by atoms with van der Waals surface area (Å²) < 4.78 is 0. The molecule has 0 saturated carbocycles. The number of rotatable bonds is 0. The topological polar surface area (TPSA) is 93.0 Å². The SMILES string of the molecule is O.O.[Li+].[OH-].[V]. The molecule has 5 heteroatoms. The van der Waals surface area contributed by atoms with Gasteiger partial charge in [0.15, 0.2) is 0 Å². The Morgan fingerprint density at radius 1 is 0.800 bits per heavy atom. The molecule has 5 N–H and O–H groups in total. The number of hydrogen-bond donors (Lipinski definition) is 0. The molecule has 29 valence electrons. The van der Waals surface area contributed by atoms with Crippen LogP contribution in [0.2, 0.25) is 0 Å². The van der Waals surface area contributed by atoms with E-state index >= 15 is 0 Å². The maximum absolute atomic E-state index is 0. The summed E-state index contributed by atoms with van der Waals surface area (Å²) in [5.41, 5.74) is 0. The molecule has 0 bridgehead atoms. The molecule has 0 aromatic rings. The summed E-state index contributed by atoms with van der Waals surface area (Å²) in [6.45, 7) is 0. The van der Waals surface area contributed by atoms with Crippen molar-refractivity contribution < 1.29 is 53.8 Å². The third-order valence-electron chi connectivity index (χ3n) is 0. The van der Waals surface area contributed by atoms with E-state index < -0.39 is 0 Å². The predicted octanol–water partition coefficient (Wildman–Crippen LogP) is -4.82. The summed E-state index contributed by atoms with van der Waals surface area (Å²) in [5.74, 6) is 0. The fourth-order valence-electron chi connectivity index (χ4n) is 0. The maximum Gasteiger partial charge on any atom is 1.00 e. The van der Waals surface area contributed by atoms with Crippen molar-refractivity contribution in [2.75, 3.05) is 0 Å². The molecular formula is H5LiO3V. The first-order chi connectivity index (χ1) is 0. The van der Waals surface area contributed by atoms with Gasteiger partial charge in [-0.1, -0.05) is 0 Å². The molecule has 0 saturated heterocycles. The minimum Gasteiger partial charge on any atom is -0.870 e. The van der Waals surface area contributed by atoms with Gasteiger partial charge in [0.2, 0.25) is 0 Å². The van der Waals surface area contributed by atoms with Crippen LogP contribution in [0.4, 0.5) is 0 Å². The predicted molar refractivity (Wildman–Crippen MR) is 9.16 cm³/mol. The van der Waals surface area contributed by atoms with Gasteiger partial charge in [0.1, 0.15) is 0 Å². The van der Waals surface area contributed by atoms with Gasteiger partial charge in [-0.25, -0.2) is 0 Å². The zero-order valence-corrected chi connectivity index (χ0v) is 4.29. The summed E-state index contributed by atoms with van der Waals surface area (Å²) in [7, 11) is 0. The van der Waals surface area contributed by atoms with E-state index in [0.717, 1.165) is 0 Å². The van der Waals surface area contributed by atoms with Crippen molar-refractivity contribution in [3.05, 3.63) is 0 Å². The Morgan fingerprint density at radius 3 is 0.800 bits per heavy atom. The van der Waals surface area contributed by atoms with Crippen LogP contribution < -0.4 is 18.9 Å². The molecule has 0 aliphatic carbocycles. The minimum atomic E-state index is 0. The van der Waals surface area contributed by atoms with Crippen molar-refractivity contribution >= 4 is 0 Å². The van der Waals surface area contributed by atoms with E-state index in [1.165, 1.54) is 0 Å². The second-order valence-corrected chi connectivity index (χ2v) is 0. The monoisotopic (exact) mass is 111 g/mol. The average Bonchev–Trinajstić information content (AvgIpc) is 0. The van der Waals surface area contributed by atoms with Crippen LogP contribution in [0.15, 0.2) is 0 Å². The molecule has 0 amide bonds. The Hall–Kier alpha value is 1.06. The molecular weight excluding hydrogens is 106 g/mol. The third-order valence-corrected chi connectivity index (χ3v) is 0. The molecule has 0 heterocycles. The van der Waals surface area contributed by atoms with E-state index in [2.05, 4.69) is 0 Å². The maximum atomic E-state index is 0. The van der Waals surface area contributed by atoms with Gasteiger partial charge in [0.05, 0.1) is 0 Å². The molecule has 0 rings (SSSR count). The average molecular weight is 111 g/mol. The van der Waals surface area contributed by atoms with Gasteiger partial charge in [-0.3, -0.25) is 0 Å². The zero-order valence-electron chi connectivity index (χ0n) is 2.89. The van der Waals surface area contributed by atoms with Crippen molar-refractivity contribution in [3.8, 4) is 0 Å². The molecule has 0 unspecified atom stereocenters. The Bertz CT molecular complexity index is 6.85. The van der Waals surface area contributed by atoms with E-state index in [4.69, 9.17) is 0 Å².